The average Bonchev–Trinajstić information content (AvgIpc) is 2.76. The summed E-state index contributed by atoms with van der Waals surface area (Å²) in [6, 6.07) is 14.9. The maximum absolute atomic E-state index is 12.2. The van der Waals surface area contributed by atoms with Crippen molar-refractivity contribution in [2.45, 2.75) is 12.8 Å². The molecular weight excluding hydrogens is 412 g/mol. The van der Waals surface area contributed by atoms with Crippen molar-refractivity contribution < 1.29 is 24.7 Å². The summed E-state index contributed by atoms with van der Waals surface area (Å²) in [4.78, 5) is 34.8. The van der Waals surface area contributed by atoms with Crippen molar-refractivity contribution in [2.24, 2.45) is 0 Å². The lowest BCUT2D eigenvalue weighted by Gasteiger charge is -2.28. The van der Waals surface area contributed by atoms with E-state index in [-0.39, 0.29) is 33.8 Å². The highest BCUT2D eigenvalue weighted by atomic mass is 16.6. The number of carboxylic acid groups (broad SMARTS) is 2. The molecule has 0 saturated heterocycles. The van der Waals surface area contributed by atoms with E-state index in [1.54, 1.807) is 12.2 Å². The molecule has 0 aliphatic carbocycles. The summed E-state index contributed by atoms with van der Waals surface area (Å²) < 4.78 is 0. The van der Waals surface area contributed by atoms with Gasteiger partial charge in [-0.2, -0.15) is 0 Å². The molecule has 1 aliphatic heterocycles. The zero-order chi connectivity index (χ0) is 23.3. The van der Waals surface area contributed by atoms with Gasteiger partial charge in [0, 0.05) is 23.5 Å². The Kier molecular flexibility index (Phi) is 6.65. The van der Waals surface area contributed by atoms with E-state index in [4.69, 9.17) is 0 Å². The van der Waals surface area contributed by atoms with Gasteiger partial charge in [0.1, 0.15) is 0 Å². The van der Waals surface area contributed by atoms with Crippen molar-refractivity contribution in [3.05, 3.63) is 117 Å². The third-order valence-electron chi connectivity index (χ3n) is 4.93. The predicted molar refractivity (Wildman–Crippen MR) is 119 cm³/mol. The first kappa shape index (κ1) is 22.2. The van der Waals surface area contributed by atoms with E-state index in [0.29, 0.717) is 0 Å². The Hall–Kier alpha value is -4.46. The van der Waals surface area contributed by atoms with Crippen LogP contribution in [0.1, 0.15) is 24.0 Å². The van der Waals surface area contributed by atoms with Crippen LogP contribution in [0.3, 0.4) is 0 Å². The molecule has 3 rings (SSSR count). The van der Waals surface area contributed by atoms with Gasteiger partial charge in [0.25, 0.3) is 5.69 Å². The van der Waals surface area contributed by atoms with Gasteiger partial charge in [0.15, 0.2) is 0 Å². The van der Waals surface area contributed by atoms with E-state index in [9.17, 15) is 29.9 Å². The Morgan fingerprint density at radius 2 is 1.62 bits per heavy atom. The fourth-order valence-corrected chi connectivity index (χ4v) is 3.54. The van der Waals surface area contributed by atoms with Gasteiger partial charge < -0.3 is 15.5 Å². The van der Waals surface area contributed by atoms with E-state index >= 15 is 0 Å². The molecule has 3 N–H and O–H groups in total. The van der Waals surface area contributed by atoms with Crippen LogP contribution in [0.25, 0.3) is 6.08 Å². The third-order valence-corrected chi connectivity index (χ3v) is 4.93. The summed E-state index contributed by atoms with van der Waals surface area (Å²) in [5.74, 6) is -3.83. The second kappa shape index (κ2) is 9.57. The molecule has 1 unspecified atom stereocenters. The molecule has 32 heavy (non-hydrogen) atoms. The number of hydrogen-bond donors (Lipinski definition) is 3. The van der Waals surface area contributed by atoms with Crippen LogP contribution in [0.5, 0.6) is 0 Å². The first-order chi connectivity index (χ1) is 15.3. The molecule has 1 atom stereocenters. The molecule has 2 aromatic carbocycles. The molecule has 0 saturated carbocycles. The van der Waals surface area contributed by atoms with E-state index in [1.165, 1.54) is 37.3 Å². The van der Waals surface area contributed by atoms with Crippen LogP contribution in [0, 0.1) is 10.1 Å². The van der Waals surface area contributed by atoms with Crippen LogP contribution in [0.4, 0.5) is 5.69 Å². The number of benzene rings is 2. The Bertz CT molecular complexity index is 1190. The normalized spacial score (nSPS) is 16.5. The smallest absolute Gasteiger partial charge is 0.334 e. The van der Waals surface area contributed by atoms with Crippen LogP contribution in [0.15, 0.2) is 95.4 Å². The molecule has 0 amide bonds. The SMILES string of the molecule is CC1=C(C(=O)O)C(c2cccc([N+](=O)[O-])c2)C(C(=O)O)=C(C=CC=Cc2ccccc2)N1. The summed E-state index contributed by atoms with van der Waals surface area (Å²) in [6.45, 7) is 1.53. The van der Waals surface area contributed by atoms with Gasteiger partial charge in [0.2, 0.25) is 0 Å². The van der Waals surface area contributed by atoms with Crippen LogP contribution in [-0.2, 0) is 9.59 Å². The second-order valence-corrected chi connectivity index (χ2v) is 7.02. The van der Waals surface area contributed by atoms with Gasteiger partial charge in [0.05, 0.1) is 22.0 Å². The highest BCUT2D eigenvalue weighted by Crippen LogP contribution is 2.39. The van der Waals surface area contributed by atoms with Crippen LogP contribution < -0.4 is 5.32 Å². The summed E-state index contributed by atoms with van der Waals surface area (Å²) in [7, 11) is 0. The van der Waals surface area contributed by atoms with Crippen LogP contribution in [-0.4, -0.2) is 27.1 Å². The molecule has 0 spiro atoms. The lowest BCUT2D eigenvalue weighted by molar-refractivity contribution is -0.384. The minimum absolute atomic E-state index is 0.181. The first-order valence-electron chi connectivity index (χ1n) is 9.62. The Morgan fingerprint density at radius 3 is 2.25 bits per heavy atom. The number of allylic oxidation sites excluding steroid dienone is 4. The molecule has 8 heteroatoms. The quantitative estimate of drug-likeness (QED) is 0.339. The van der Waals surface area contributed by atoms with E-state index in [2.05, 4.69) is 5.32 Å². The van der Waals surface area contributed by atoms with Gasteiger partial charge in [-0.25, -0.2) is 9.59 Å². The van der Waals surface area contributed by atoms with Crippen LogP contribution in [0.2, 0.25) is 0 Å². The molecule has 8 nitrogen and oxygen atoms in total. The third kappa shape index (κ3) is 4.81. The number of nitro groups is 1. The second-order valence-electron chi connectivity index (χ2n) is 7.02. The first-order valence-corrected chi connectivity index (χ1v) is 9.62. The molecule has 2 aromatic rings. The number of hydrogen-bond acceptors (Lipinski definition) is 5. The Labute approximate surface area is 183 Å². The number of aliphatic carboxylic acids is 2. The number of nitro benzene ring substituents is 1. The number of carbonyl (C=O) groups is 2. The predicted octanol–water partition coefficient (Wildman–Crippen LogP) is 4.25. The highest BCUT2D eigenvalue weighted by Gasteiger charge is 2.37. The molecule has 0 fully saturated rings. The van der Waals surface area contributed by atoms with Crippen molar-refractivity contribution >= 4 is 23.7 Å². The summed E-state index contributed by atoms with van der Waals surface area (Å²) in [5.41, 5.74) is 0.981. The molecule has 0 radical (unpaired) electrons. The highest BCUT2D eigenvalue weighted by molar-refractivity contribution is 5.99. The number of carboxylic acids is 2. The maximum Gasteiger partial charge on any atom is 0.334 e. The number of rotatable bonds is 7. The lowest BCUT2D eigenvalue weighted by atomic mass is 9.80. The zero-order valence-electron chi connectivity index (χ0n) is 17.1. The fourth-order valence-electron chi connectivity index (χ4n) is 3.54. The average molecular weight is 432 g/mol. The molecular formula is C24H20N2O6. The number of nitrogens with one attached hydrogen (secondary N) is 1. The Morgan fingerprint density at radius 1 is 0.969 bits per heavy atom. The van der Waals surface area contributed by atoms with Gasteiger partial charge in [-0.3, -0.25) is 10.1 Å². The lowest BCUT2D eigenvalue weighted by Crippen LogP contribution is -2.31. The van der Waals surface area contributed by atoms with Crippen molar-refractivity contribution in [3.8, 4) is 0 Å². The van der Waals surface area contributed by atoms with Crippen molar-refractivity contribution in [3.63, 3.8) is 0 Å². The summed E-state index contributed by atoms with van der Waals surface area (Å²) in [5, 5.41) is 33.8. The molecule has 0 aromatic heterocycles. The minimum atomic E-state index is -1.33. The topological polar surface area (TPSA) is 130 Å². The van der Waals surface area contributed by atoms with Gasteiger partial charge in [-0.05, 0) is 24.1 Å². The van der Waals surface area contributed by atoms with Gasteiger partial charge >= 0.3 is 11.9 Å². The number of dihydropyridines is 1. The van der Waals surface area contributed by atoms with E-state index in [0.717, 1.165) is 5.56 Å². The number of non-ortho nitro benzene ring substituents is 1. The Balaban J connectivity index is 2.09. The van der Waals surface area contributed by atoms with E-state index < -0.39 is 22.8 Å². The molecule has 1 aliphatic rings. The standard InChI is InChI=1S/C24H20N2O6/c1-15-20(23(27)28)21(17-11-7-12-18(14-17)26(31)32)22(24(29)30)19(25-15)13-6-5-10-16-8-3-2-4-9-16/h2-14,21,25H,1H3,(H,27,28)(H,29,30). The molecule has 162 valence electrons. The zero-order valence-corrected chi connectivity index (χ0v) is 17.1. The van der Waals surface area contributed by atoms with Crippen molar-refractivity contribution in [2.75, 3.05) is 0 Å². The van der Waals surface area contributed by atoms with Crippen molar-refractivity contribution in [1.29, 1.82) is 0 Å². The van der Waals surface area contributed by atoms with Crippen LogP contribution >= 0.6 is 0 Å². The largest absolute Gasteiger partial charge is 0.478 e. The summed E-state index contributed by atoms with van der Waals surface area (Å²) in [6.07, 6.45) is 6.75. The molecule has 1 heterocycles. The maximum atomic E-state index is 12.2. The molecule has 0 bridgehead atoms. The minimum Gasteiger partial charge on any atom is -0.478 e. The number of nitrogens with zero attached hydrogens (tertiary/aromatic N) is 1. The fraction of sp³-hybridized carbons (Fsp3) is 0.0833. The van der Waals surface area contributed by atoms with E-state index in [1.807, 2.05) is 36.4 Å². The summed E-state index contributed by atoms with van der Waals surface area (Å²) >= 11 is 0. The van der Waals surface area contributed by atoms with Crippen molar-refractivity contribution in [1.82, 2.24) is 5.32 Å². The van der Waals surface area contributed by atoms with Gasteiger partial charge in [-0.15, -0.1) is 0 Å². The van der Waals surface area contributed by atoms with Gasteiger partial charge in [-0.1, -0.05) is 60.7 Å². The monoisotopic (exact) mass is 432 g/mol.